The lowest BCUT2D eigenvalue weighted by Gasteiger charge is -2.15. The zero-order valence-electron chi connectivity index (χ0n) is 20.8. The molecule has 3 nitrogen and oxygen atoms in total. The summed E-state index contributed by atoms with van der Waals surface area (Å²) in [5.41, 5.74) is 14.1. The molecular weight excluding hydrogens is 462 g/mol. The third-order valence-electron chi connectivity index (χ3n) is 8.62. The van der Waals surface area contributed by atoms with Crippen LogP contribution in [0, 0.1) is 39.9 Å². The fourth-order valence-corrected chi connectivity index (χ4v) is 6.80. The number of hydrogen-bond donors (Lipinski definition) is 0. The van der Waals surface area contributed by atoms with Gasteiger partial charge in [-0.2, -0.15) is 15.8 Å². The van der Waals surface area contributed by atoms with Gasteiger partial charge < -0.3 is 0 Å². The van der Waals surface area contributed by atoms with Crippen LogP contribution in [0.5, 0.6) is 0 Å². The molecular formula is C35H23N3. The van der Waals surface area contributed by atoms with E-state index in [4.69, 9.17) is 0 Å². The lowest BCUT2D eigenvalue weighted by atomic mass is 9.88. The van der Waals surface area contributed by atoms with Gasteiger partial charge in [0, 0.05) is 18.3 Å². The van der Waals surface area contributed by atoms with Gasteiger partial charge in [-0.25, -0.2) is 0 Å². The van der Waals surface area contributed by atoms with Crippen LogP contribution in [0.25, 0.3) is 39.0 Å². The van der Waals surface area contributed by atoms with Gasteiger partial charge in [-0.05, 0) is 110 Å². The Labute approximate surface area is 222 Å². The first kappa shape index (κ1) is 22.3. The normalized spacial score (nSPS) is 20.1. The molecule has 4 aromatic carbocycles. The zero-order valence-corrected chi connectivity index (χ0v) is 20.8. The maximum absolute atomic E-state index is 9.49. The minimum Gasteiger partial charge on any atom is -0.198 e. The summed E-state index contributed by atoms with van der Waals surface area (Å²) in [7, 11) is 0. The van der Waals surface area contributed by atoms with Crippen LogP contribution < -0.4 is 0 Å². The van der Waals surface area contributed by atoms with Crippen LogP contribution in [-0.2, 0) is 5.41 Å². The van der Waals surface area contributed by atoms with Crippen LogP contribution in [0.15, 0.2) is 84.9 Å². The van der Waals surface area contributed by atoms with Gasteiger partial charge in [-0.1, -0.05) is 54.6 Å². The van der Waals surface area contributed by atoms with Gasteiger partial charge >= 0.3 is 0 Å². The summed E-state index contributed by atoms with van der Waals surface area (Å²) in [4.78, 5) is 0. The molecule has 0 saturated heterocycles. The highest BCUT2D eigenvalue weighted by Crippen LogP contribution is 2.68. The third-order valence-corrected chi connectivity index (χ3v) is 8.62. The first-order valence-corrected chi connectivity index (χ1v) is 13.1. The summed E-state index contributed by atoms with van der Waals surface area (Å²) < 4.78 is 0. The average Bonchev–Trinajstić information content (AvgIpc) is 3.51. The predicted octanol–water partition coefficient (Wildman–Crippen LogP) is 8.14. The maximum atomic E-state index is 9.49. The Balaban J connectivity index is 1.41. The molecule has 0 radical (unpaired) electrons. The second-order valence-electron chi connectivity index (χ2n) is 10.5. The number of nitriles is 3. The molecule has 1 spiro atoms. The van der Waals surface area contributed by atoms with Crippen molar-refractivity contribution in [2.24, 2.45) is 5.92 Å². The van der Waals surface area contributed by atoms with Crippen molar-refractivity contribution >= 4 is 5.57 Å². The first-order chi connectivity index (χ1) is 18.7. The van der Waals surface area contributed by atoms with E-state index in [1.165, 1.54) is 50.1 Å². The Morgan fingerprint density at radius 2 is 1.50 bits per heavy atom. The molecule has 2 unspecified atom stereocenters. The van der Waals surface area contributed by atoms with E-state index in [0.717, 1.165) is 17.5 Å². The Bertz CT molecular complexity index is 1800. The average molecular weight is 486 g/mol. The first-order valence-electron chi connectivity index (χ1n) is 13.1. The van der Waals surface area contributed by atoms with E-state index in [1.54, 1.807) is 0 Å². The van der Waals surface area contributed by atoms with Gasteiger partial charge in [0.2, 0.25) is 0 Å². The summed E-state index contributed by atoms with van der Waals surface area (Å²) in [6.45, 7) is 0. The molecule has 178 valence electrons. The lowest BCUT2D eigenvalue weighted by Crippen LogP contribution is -2.08. The SMILES string of the molecule is N#CCC/C=C1\c2cc(-c3ccc(C#N)cc3)ccc2-c2cc3c(cc21)-c1ccccc1C31CC1CC#N. The molecule has 1 saturated carbocycles. The molecule has 0 aromatic heterocycles. The van der Waals surface area contributed by atoms with E-state index >= 15 is 0 Å². The highest BCUT2D eigenvalue weighted by Gasteiger charge is 2.60. The van der Waals surface area contributed by atoms with Crippen molar-refractivity contribution in [3.05, 3.63) is 113 Å². The van der Waals surface area contributed by atoms with E-state index in [2.05, 4.69) is 78.9 Å². The zero-order chi connectivity index (χ0) is 25.9. The van der Waals surface area contributed by atoms with E-state index < -0.39 is 0 Å². The molecule has 3 aliphatic rings. The molecule has 2 atom stereocenters. The standard InChI is InChI=1S/C35H23N3/c36-15-4-3-5-26-29-17-24(23-10-8-22(21-38)9-11-23)12-13-27(29)31-19-34-32(18-30(26)31)28-6-1-2-7-33(28)35(34)20-25(35)14-16-37/h1-2,5-13,17-19,25H,3-4,14,20H2/b26-5+. The van der Waals surface area contributed by atoms with Crippen LogP contribution in [0.2, 0.25) is 0 Å². The minimum absolute atomic E-state index is 0.0491. The number of hydrogen-bond acceptors (Lipinski definition) is 3. The second-order valence-corrected chi connectivity index (χ2v) is 10.5. The highest BCUT2D eigenvalue weighted by molar-refractivity contribution is 6.04. The van der Waals surface area contributed by atoms with Gasteiger partial charge in [-0.3, -0.25) is 0 Å². The van der Waals surface area contributed by atoms with Gasteiger partial charge in [0.05, 0.1) is 23.8 Å². The van der Waals surface area contributed by atoms with Crippen LogP contribution in [-0.4, -0.2) is 0 Å². The molecule has 7 rings (SSSR count). The number of nitrogens with zero attached hydrogens (tertiary/aromatic N) is 3. The van der Waals surface area contributed by atoms with E-state index in [-0.39, 0.29) is 5.41 Å². The van der Waals surface area contributed by atoms with Crippen LogP contribution in [0.3, 0.4) is 0 Å². The van der Waals surface area contributed by atoms with Gasteiger partial charge in [0.25, 0.3) is 0 Å². The van der Waals surface area contributed by atoms with Crippen molar-refractivity contribution in [1.29, 1.82) is 15.8 Å². The van der Waals surface area contributed by atoms with Crippen molar-refractivity contribution in [1.82, 2.24) is 0 Å². The molecule has 38 heavy (non-hydrogen) atoms. The molecule has 0 N–H and O–H groups in total. The van der Waals surface area contributed by atoms with Crippen molar-refractivity contribution in [3.8, 4) is 51.6 Å². The Kier molecular flexibility index (Phi) is 4.88. The van der Waals surface area contributed by atoms with Crippen LogP contribution >= 0.6 is 0 Å². The van der Waals surface area contributed by atoms with Crippen molar-refractivity contribution in [3.63, 3.8) is 0 Å². The van der Waals surface area contributed by atoms with Gasteiger partial charge in [0.1, 0.15) is 0 Å². The quantitative estimate of drug-likeness (QED) is 0.241. The van der Waals surface area contributed by atoms with E-state index in [1.807, 2.05) is 24.3 Å². The highest BCUT2D eigenvalue weighted by atomic mass is 14.6. The Morgan fingerprint density at radius 3 is 2.29 bits per heavy atom. The van der Waals surface area contributed by atoms with E-state index in [0.29, 0.717) is 30.7 Å². The summed E-state index contributed by atoms with van der Waals surface area (Å²) in [5, 5.41) is 27.9. The topological polar surface area (TPSA) is 71.4 Å². The molecule has 3 aliphatic carbocycles. The third kappa shape index (κ3) is 3.05. The second kappa shape index (κ2) is 8.31. The number of unbranched alkanes of at least 4 members (excludes halogenated alkanes) is 1. The summed E-state index contributed by atoms with van der Waals surface area (Å²) >= 11 is 0. The lowest BCUT2D eigenvalue weighted by molar-refractivity contribution is 0.725. The maximum Gasteiger partial charge on any atom is 0.0991 e. The molecule has 4 aromatic rings. The fourth-order valence-electron chi connectivity index (χ4n) is 6.80. The van der Waals surface area contributed by atoms with Crippen molar-refractivity contribution in [2.45, 2.75) is 31.1 Å². The fraction of sp³-hybridized carbons (Fsp3) is 0.171. The van der Waals surface area contributed by atoms with Crippen LogP contribution in [0.1, 0.15) is 53.5 Å². The minimum atomic E-state index is -0.0491. The monoisotopic (exact) mass is 485 g/mol. The molecule has 0 bridgehead atoms. The predicted molar refractivity (Wildman–Crippen MR) is 149 cm³/mol. The smallest absolute Gasteiger partial charge is 0.0991 e. The molecule has 0 aliphatic heterocycles. The van der Waals surface area contributed by atoms with Crippen molar-refractivity contribution < 1.29 is 0 Å². The van der Waals surface area contributed by atoms with Gasteiger partial charge in [-0.15, -0.1) is 0 Å². The Hall–Kier alpha value is -4.91. The Morgan fingerprint density at radius 1 is 0.711 bits per heavy atom. The van der Waals surface area contributed by atoms with Crippen LogP contribution in [0.4, 0.5) is 0 Å². The number of fused-ring (bicyclic) bond motifs is 8. The van der Waals surface area contributed by atoms with E-state index in [9.17, 15) is 15.8 Å². The molecule has 0 heterocycles. The summed E-state index contributed by atoms with van der Waals surface area (Å²) in [6.07, 6.45) is 5.01. The molecule has 3 heteroatoms. The van der Waals surface area contributed by atoms with Crippen molar-refractivity contribution in [2.75, 3.05) is 0 Å². The van der Waals surface area contributed by atoms with Gasteiger partial charge in [0.15, 0.2) is 0 Å². The summed E-state index contributed by atoms with van der Waals surface area (Å²) in [6, 6.07) is 34.7. The summed E-state index contributed by atoms with van der Waals surface area (Å²) in [5.74, 6) is 0.359. The molecule has 0 amide bonds. The number of rotatable bonds is 4. The largest absolute Gasteiger partial charge is 0.198 e. The number of benzene rings is 4. The number of allylic oxidation sites excluding steroid dienone is 1. The molecule has 1 fully saturated rings.